The molecule has 0 saturated heterocycles. The summed E-state index contributed by atoms with van der Waals surface area (Å²) in [6, 6.07) is 12.4. The van der Waals surface area contributed by atoms with Crippen LogP contribution in [0.3, 0.4) is 0 Å². The number of carbonyl (C=O) groups is 1. The summed E-state index contributed by atoms with van der Waals surface area (Å²) in [6.07, 6.45) is 0. The minimum Gasteiger partial charge on any atom is -0.465 e. The van der Waals surface area contributed by atoms with Crippen LogP contribution in [0.5, 0.6) is 0 Å². The maximum Gasteiger partial charge on any atom is 0.337 e. The van der Waals surface area contributed by atoms with E-state index in [4.69, 9.17) is 11.6 Å². The molecule has 128 valence electrons. The molecule has 0 aliphatic heterocycles. The van der Waals surface area contributed by atoms with Crippen molar-refractivity contribution in [3.05, 3.63) is 59.1 Å². The van der Waals surface area contributed by atoms with E-state index in [0.717, 1.165) is 0 Å². The van der Waals surface area contributed by atoms with Crippen molar-refractivity contribution in [2.45, 2.75) is 24.8 Å². The fourth-order valence-electron chi connectivity index (χ4n) is 2.34. The summed E-state index contributed by atoms with van der Waals surface area (Å²) in [5.74, 6) is -0.626. The minimum atomic E-state index is -3.95. The number of sulfonamides is 1. The van der Waals surface area contributed by atoms with Gasteiger partial charge in [0, 0.05) is 6.04 Å². The van der Waals surface area contributed by atoms with Crippen LogP contribution in [0.25, 0.3) is 0 Å². The standard InChI is InChI=1S/C17H18ClNO4S/c1-12(2)19(14-7-5-4-6-8-14)24(21,22)16-11-13(17(20)23-3)9-10-15(16)18/h4-12H,1-3H3. The zero-order valence-corrected chi connectivity index (χ0v) is 15.1. The minimum absolute atomic E-state index is 0.0456. The first kappa shape index (κ1) is 18.3. The third-order valence-electron chi connectivity index (χ3n) is 3.37. The lowest BCUT2D eigenvalue weighted by Gasteiger charge is -2.28. The number of hydrogen-bond donors (Lipinski definition) is 0. The van der Waals surface area contributed by atoms with Gasteiger partial charge >= 0.3 is 5.97 Å². The fourth-order valence-corrected chi connectivity index (χ4v) is 4.51. The number of nitrogens with zero attached hydrogens (tertiary/aromatic N) is 1. The molecule has 2 aromatic rings. The lowest BCUT2D eigenvalue weighted by molar-refractivity contribution is 0.0600. The summed E-state index contributed by atoms with van der Waals surface area (Å²) in [6.45, 7) is 3.53. The van der Waals surface area contributed by atoms with Gasteiger partial charge in [0.1, 0.15) is 4.90 Å². The summed E-state index contributed by atoms with van der Waals surface area (Å²) >= 11 is 6.11. The van der Waals surface area contributed by atoms with Crippen LogP contribution in [0.2, 0.25) is 5.02 Å². The second kappa shape index (κ2) is 7.23. The van der Waals surface area contributed by atoms with Crippen molar-refractivity contribution >= 4 is 33.3 Å². The first-order chi connectivity index (χ1) is 11.3. The molecule has 0 amide bonds. The average Bonchev–Trinajstić information content (AvgIpc) is 2.54. The van der Waals surface area contributed by atoms with E-state index in [-0.39, 0.29) is 21.5 Å². The molecular formula is C17H18ClNO4S. The highest BCUT2D eigenvalue weighted by Crippen LogP contribution is 2.31. The Hall–Kier alpha value is -2.05. The van der Waals surface area contributed by atoms with E-state index in [9.17, 15) is 13.2 Å². The van der Waals surface area contributed by atoms with Crippen LogP contribution in [0.15, 0.2) is 53.4 Å². The van der Waals surface area contributed by atoms with E-state index in [0.29, 0.717) is 5.69 Å². The van der Waals surface area contributed by atoms with Crippen molar-refractivity contribution < 1.29 is 17.9 Å². The van der Waals surface area contributed by atoms with Gasteiger partial charge in [-0.2, -0.15) is 0 Å². The van der Waals surface area contributed by atoms with Crippen LogP contribution in [0, 0.1) is 0 Å². The molecule has 0 aliphatic carbocycles. The number of benzene rings is 2. The van der Waals surface area contributed by atoms with Crippen LogP contribution in [-0.2, 0) is 14.8 Å². The van der Waals surface area contributed by atoms with Gasteiger partial charge in [-0.15, -0.1) is 0 Å². The van der Waals surface area contributed by atoms with Crippen LogP contribution >= 0.6 is 11.6 Å². The molecule has 0 atom stereocenters. The van der Waals surface area contributed by atoms with E-state index < -0.39 is 16.0 Å². The van der Waals surface area contributed by atoms with E-state index in [1.807, 2.05) is 0 Å². The topological polar surface area (TPSA) is 63.7 Å². The Kier molecular flexibility index (Phi) is 5.51. The molecule has 0 aromatic heterocycles. The fraction of sp³-hybridized carbons (Fsp3) is 0.235. The zero-order valence-electron chi connectivity index (χ0n) is 13.6. The number of esters is 1. The molecule has 0 aliphatic rings. The van der Waals surface area contributed by atoms with Crippen LogP contribution in [0.4, 0.5) is 5.69 Å². The SMILES string of the molecule is COC(=O)c1ccc(Cl)c(S(=O)(=O)N(c2ccccc2)C(C)C)c1. The largest absolute Gasteiger partial charge is 0.465 e. The highest BCUT2D eigenvalue weighted by Gasteiger charge is 2.30. The van der Waals surface area contributed by atoms with Gasteiger partial charge in [0.15, 0.2) is 0 Å². The second-order valence-corrected chi connectivity index (χ2v) is 7.56. The molecule has 0 N–H and O–H groups in total. The van der Waals surface area contributed by atoms with Crippen molar-refractivity contribution in [3.63, 3.8) is 0 Å². The zero-order chi connectivity index (χ0) is 17.9. The molecule has 7 heteroatoms. The van der Waals surface area contributed by atoms with Crippen molar-refractivity contribution in [3.8, 4) is 0 Å². The Labute approximate surface area is 146 Å². The Bertz CT molecular complexity index is 835. The Morgan fingerprint density at radius 3 is 2.29 bits per heavy atom. The average molecular weight is 368 g/mol. The van der Waals surface area contributed by atoms with Gasteiger partial charge in [-0.1, -0.05) is 29.8 Å². The summed E-state index contributed by atoms with van der Waals surface area (Å²) in [4.78, 5) is 11.6. The van der Waals surface area contributed by atoms with Crippen molar-refractivity contribution in [1.29, 1.82) is 0 Å². The van der Waals surface area contributed by atoms with Gasteiger partial charge in [0.05, 0.1) is 23.4 Å². The number of para-hydroxylation sites is 1. The number of methoxy groups -OCH3 is 1. The molecule has 24 heavy (non-hydrogen) atoms. The first-order valence-corrected chi connectivity index (χ1v) is 9.08. The molecule has 0 heterocycles. The number of hydrogen-bond acceptors (Lipinski definition) is 4. The monoisotopic (exact) mass is 367 g/mol. The molecule has 0 radical (unpaired) electrons. The third kappa shape index (κ3) is 3.55. The number of halogens is 1. The van der Waals surface area contributed by atoms with E-state index in [2.05, 4.69) is 4.74 Å². The third-order valence-corrected chi connectivity index (χ3v) is 5.85. The van der Waals surface area contributed by atoms with Crippen LogP contribution < -0.4 is 4.31 Å². The highest BCUT2D eigenvalue weighted by atomic mass is 35.5. The molecule has 0 unspecified atom stereocenters. The lowest BCUT2D eigenvalue weighted by atomic mass is 10.2. The molecule has 0 fully saturated rings. The molecule has 0 saturated carbocycles. The smallest absolute Gasteiger partial charge is 0.337 e. The van der Waals surface area contributed by atoms with Gasteiger partial charge in [-0.25, -0.2) is 13.2 Å². The molecule has 0 spiro atoms. The number of ether oxygens (including phenoxy) is 1. The van der Waals surface area contributed by atoms with Gasteiger partial charge in [0.2, 0.25) is 0 Å². The van der Waals surface area contributed by atoms with Gasteiger partial charge in [-0.05, 0) is 44.2 Å². The maximum absolute atomic E-state index is 13.1. The molecule has 0 bridgehead atoms. The van der Waals surface area contributed by atoms with E-state index in [1.165, 1.54) is 29.6 Å². The molecule has 2 aromatic carbocycles. The normalized spacial score (nSPS) is 11.4. The Morgan fingerprint density at radius 2 is 1.75 bits per heavy atom. The number of anilines is 1. The number of carbonyl (C=O) groups excluding carboxylic acids is 1. The maximum atomic E-state index is 13.1. The summed E-state index contributed by atoms with van der Waals surface area (Å²) in [5.41, 5.74) is 0.643. The van der Waals surface area contributed by atoms with E-state index in [1.54, 1.807) is 44.2 Å². The van der Waals surface area contributed by atoms with Crippen LogP contribution in [-0.4, -0.2) is 27.5 Å². The number of rotatable bonds is 5. The van der Waals surface area contributed by atoms with E-state index >= 15 is 0 Å². The van der Waals surface area contributed by atoms with Crippen molar-refractivity contribution in [2.75, 3.05) is 11.4 Å². The van der Waals surface area contributed by atoms with Gasteiger partial charge in [-0.3, -0.25) is 4.31 Å². The molecule has 2 rings (SSSR count). The first-order valence-electron chi connectivity index (χ1n) is 7.26. The molecule has 5 nitrogen and oxygen atoms in total. The predicted molar refractivity (Wildman–Crippen MR) is 94.0 cm³/mol. The quantitative estimate of drug-likeness (QED) is 0.755. The van der Waals surface area contributed by atoms with Crippen molar-refractivity contribution in [1.82, 2.24) is 0 Å². The van der Waals surface area contributed by atoms with Crippen molar-refractivity contribution in [2.24, 2.45) is 0 Å². The molecular weight excluding hydrogens is 350 g/mol. The van der Waals surface area contributed by atoms with Gasteiger partial charge in [0.25, 0.3) is 10.0 Å². The summed E-state index contributed by atoms with van der Waals surface area (Å²) in [7, 11) is -2.72. The lowest BCUT2D eigenvalue weighted by Crippen LogP contribution is -2.37. The predicted octanol–water partition coefficient (Wildman–Crippen LogP) is 3.73. The second-order valence-electron chi connectivity index (χ2n) is 5.37. The van der Waals surface area contributed by atoms with Gasteiger partial charge < -0.3 is 4.74 Å². The van der Waals surface area contributed by atoms with Crippen LogP contribution in [0.1, 0.15) is 24.2 Å². The Balaban J connectivity index is 2.62. The summed E-state index contributed by atoms with van der Waals surface area (Å²) < 4.78 is 32.2. The Morgan fingerprint density at radius 1 is 1.12 bits per heavy atom. The highest BCUT2D eigenvalue weighted by molar-refractivity contribution is 7.93. The summed E-state index contributed by atoms with van der Waals surface area (Å²) in [5, 5.41) is 0.0456.